The highest BCUT2D eigenvalue weighted by atomic mass is 19.4. The number of alkyl halides is 3. The molecule has 0 radical (unpaired) electrons. The summed E-state index contributed by atoms with van der Waals surface area (Å²) in [5, 5.41) is 0. The average Bonchev–Trinajstić information content (AvgIpc) is 2.89. The van der Waals surface area contributed by atoms with Crippen molar-refractivity contribution in [2.45, 2.75) is 39.1 Å². The van der Waals surface area contributed by atoms with Crippen molar-refractivity contribution in [3.63, 3.8) is 0 Å². The van der Waals surface area contributed by atoms with E-state index in [2.05, 4.69) is 18.6 Å². The Bertz CT molecular complexity index is 439. The van der Waals surface area contributed by atoms with Crippen molar-refractivity contribution in [1.82, 2.24) is 0 Å². The molecule has 0 amide bonds. The minimum absolute atomic E-state index is 0.0596. The van der Waals surface area contributed by atoms with Crippen LogP contribution in [-0.2, 0) is 6.42 Å². The molecule has 1 aliphatic carbocycles. The summed E-state index contributed by atoms with van der Waals surface area (Å²) in [6.07, 6.45) is -2.85. The van der Waals surface area contributed by atoms with Crippen LogP contribution in [0.1, 0.15) is 25.8 Å². The van der Waals surface area contributed by atoms with Gasteiger partial charge in [-0.25, -0.2) is 0 Å². The number of halogens is 3. The van der Waals surface area contributed by atoms with Crippen molar-refractivity contribution in [3.05, 3.63) is 29.8 Å². The fourth-order valence-corrected chi connectivity index (χ4v) is 2.48. The maximum absolute atomic E-state index is 12.0. The molecule has 2 atom stereocenters. The molecular weight excluding hydrogens is 255 g/mol. The Balaban J connectivity index is 1.92. The quantitative estimate of drug-likeness (QED) is 0.911. The molecule has 0 aliphatic heterocycles. The molecule has 2 rings (SSSR count). The van der Waals surface area contributed by atoms with Crippen LogP contribution in [0.2, 0.25) is 0 Å². The largest absolute Gasteiger partial charge is 0.573 e. The molecule has 1 aliphatic rings. The average molecular weight is 273 g/mol. The first kappa shape index (κ1) is 14.2. The van der Waals surface area contributed by atoms with Gasteiger partial charge in [-0.05, 0) is 41.9 Å². The van der Waals surface area contributed by atoms with Gasteiger partial charge in [0.25, 0.3) is 0 Å². The fraction of sp³-hybridized carbons (Fsp3) is 0.571. The van der Waals surface area contributed by atoms with Gasteiger partial charge in [-0.15, -0.1) is 13.2 Å². The minimum atomic E-state index is -4.64. The van der Waals surface area contributed by atoms with E-state index < -0.39 is 6.36 Å². The van der Waals surface area contributed by atoms with Crippen molar-refractivity contribution in [3.8, 4) is 5.75 Å². The fourth-order valence-electron chi connectivity index (χ4n) is 2.48. The third-order valence-electron chi connectivity index (χ3n) is 3.73. The molecule has 1 aromatic rings. The zero-order valence-electron chi connectivity index (χ0n) is 11.0. The summed E-state index contributed by atoms with van der Waals surface area (Å²) in [7, 11) is 0. The Morgan fingerprint density at radius 2 is 1.84 bits per heavy atom. The maximum Gasteiger partial charge on any atom is 0.573 e. The maximum atomic E-state index is 12.0. The topological polar surface area (TPSA) is 35.2 Å². The summed E-state index contributed by atoms with van der Waals surface area (Å²) in [5.74, 6) is 0.301. The first-order chi connectivity index (χ1) is 8.67. The third-order valence-corrected chi connectivity index (χ3v) is 3.73. The Labute approximate surface area is 110 Å². The van der Waals surface area contributed by atoms with Crippen LogP contribution in [0.15, 0.2) is 24.3 Å². The Morgan fingerprint density at radius 3 is 2.26 bits per heavy atom. The predicted molar refractivity (Wildman–Crippen MR) is 66.7 cm³/mol. The third kappa shape index (κ3) is 3.86. The number of hydrogen-bond donors (Lipinski definition) is 1. The summed E-state index contributed by atoms with van der Waals surface area (Å²) in [6, 6.07) is 5.98. The number of rotatable bonds is 4. The van der Waals surface area contributed by atoms with Crippen LogP contribution >= 0.6 is 0 Å². The molecule has 5 heteroatoms. The van der Waals surface area contributed by atoms with Crippen LogP contribution in [0.25, 0.3) is 0 Å². The predicted octanol–water partition coefficient (Wildman–Crippen LogP) is 3.50. The summed E-state index contributed by atoms with van der Waals surface area (Å²) in [6.45, 7) is 4.36. The molecular formula is C14H18F3NO. The van der Waals surface area contributed by atoms with Crippen LogP contribution in [0.3, 0.4) is 0 Å². The van der Waals surface area contributed by atoms with Gasteiger partial charge in [-0.3, -0.25) is 0 Å². The van der Waals surface area contributed by atoms with E-state index in [1.54, 1.807) is 12.1 Å². The molecule has 19 heavy (non-hydrogen) atoms. The molecule has 1 aromatic carbocycles. The lowest BCUT2D eigenvalue weighted by molar-refractivity contribution is -0.274. The SMILES string of the molecule is CC1(C)CC1C(N)Cc1ccc(OC(F)(F)F)cc1. The van der Waals surface area contributed by atoms with Gasteiger partial charge in [0.2, 0.25) is 0 Å². The highest BCUT2D eigenvalue weighted by Crippen LogP contribution is 2.53. The second-order valence-electron chi connectivity index (χ2n) is 5.86. The van der Waals surface area contributed by atoms with Crippen molar-refractivity contribution >= 4 is 0 Å². The zero-order valence-corrected chi connectivity index (χ0v) is 11.0. The van der Waals surface area contributed by atoms with Crippen molar-refractivity contribution in [2.24, 2.45) is 17.1 Å². The summed E-state index contributed by atoms with van der Waals surface area (Å²) < 4.78 is 39.9. The van der Waals surface area contributed by atoms with Gasteiger partial charge < -0.3 is 10.5 Å². The van der Waals surface area contributed by atoms with E-state index in [9.17, 15) is 13.2 Å². The smallest absolute Gasteiger partial charge is 0.406 e. The van der Waals surface area contributed by atoms with Crippen LogP contribution in [-0.4, -0.2) is 12.4 Å². The second kappa shape index (κ2) is 4.71. The minimum Gasteiger partial charge on any atom is -0.406 e. The highest BCUT2D eigenvalue weighted by molar-refractivity contribution is 5.28. The lowest BCUT2D eigenvalue weighted by Crippen LogP contribution is -2.27. The van der Waals surface area contributed by atoms with E-state index in [0.29, 0.717) is 17.8 Å². The molecule has 2 N–H and O–H groups in total. The van der Waals surface area contributed by atoms with Crippen LogP contribution < -0.4 is 10.5 Å². The normalized spacial score (nSPS) is 22.9. The molecule has 2 nitrogen and oxygen atoms in total. The first-order valence-electron chi connectivity index (χ1n) is 6.28. The molecule has 0 heterocycles. The first-order valence-corrected chi connectivity index (χ1v) is 6.28. The summed E-state index contributed by atoms with van der Waals surface area (Å²) >= 11 is 0. The molecule has 0 spiro atoms. The monoisotopic (exact) mass is 273 g/mol. The zero-order chi connectivity index (χ0) is 14.3. The van der Waals surface area contributed by atoms with Gasteiger partial charge in [0, 0.05) is 6.04 Å². The Morgan fingerprint density at radius 1 is 1.32 bits per heavy atom. The Hall–Kier alpha value is -1.23. The molecule has 0 saturated heterocycles. The summed E-state index contributed by atoms with van der Waals surface area (Å²) in [5.41, 5.74) is 7.35. The molecule has 0 aromatic heterocycles. The van der Waals surface area contributed by atoms with Gasteiger partial charge in [0.05, 0.1) is 0 Å². The molecule has 0 bridgehead atoms. The Kier molecular flexibility index (Phi) is 3.51. The van der Waals surface area contributed by atoms with Crippen LogP contribution in [0.4, 0.5) is 13.2 Å². The van der Waals surface area contributed by atoms with Crippen molar-refractivity contribution < 1.29 is 17.9 Å². The van der Waals surface area contributed by atoms with Gasteiger partial charge >= 0.3 is 6.36 Å². The van der Waals surface area contributed by atoms with E-state index in [-0.39, 0.29) is 11.8 Å². The van der Waals surface area contributed by atoms with Crippen molar-refractivity contribution in [2.75, 3.05) is 0 Å². The van der Waals surface area contributed by atoms with Crippen LogP contribution in [0, 0.1) is 11.3 Å². The van der Waals surface area contributed by atoms with Crippen LogP contribution in [0.5, 0.6) is 5.75 Å². The van der Waals surface area contributed by atoms with Gasteiger partial charge in [0.1, 0.15) is 5.75 Å². The van der Waals surface area contributed by atoms with E-state index in [0.717, 1.165) is 12.0 Å². The molecule has 2 unspecified atom stereocenters. The number of ether oxygens (including phenoxy) is 1. The standard InChI is InChI=1S/C14H18F3NO/c1-13(2)8-11(13)12(18)7-9-3-5-10(6-4-9)19-14(15,16)17/h3-6,11-12H,7-8,18H2,1-2H3. The van der Waals surface area contributed by atoms with E-state index in [1.165, 1.54) is 12.1 Å². The summed E-state index contributed by atoms with van der Waals surface area (Å²) in [4.78, 5) is 0. The number of nitrogens with two attached hydrogens (primary N) is 1. The van der Waals surface area contributed by atoms with Gasteiger partial charge in [-0.2, -0.15) is 0 Å². The number of benzene rings is 1. The van der Waals surface area contributed by atoms with Gasteiger partial charge in [0.15, 0.2) is 0 Å². The lowest BCUT2D eigenvalue weighted by atomic mass is 9.98. The highest BCUT2D eigenvalue weighted by Gasteiger charge is 2.48. The lowest BCUT2D eigenvalue weighted by Gasteiger charge is -2.14. The van der Waals surface area contributed by atoms with E-state index in [1.807, 2.05) is 0 Å². The molecule has 1 saturated carbocycles. The molecule has 106 valence electrons. The second-order valence-corrected chi connectivity index (χ2v) is 5.86. The van der Waals surface area contributed by atoms with E-state index >= 15 is 0 Å². The van der Waals surface area contributed by atoms with Gasteiger partial charge in [-0.1, -0.05) is 26.0 Å². The van der Waals surface area contributed by atoms with Crippen molar-refractivity contribution in [1.29, 1.82) is 0 Å². The molecule has 1 fully saturated rings. The number of hydrogen-bond acceptors (Lipinski definition) is 2. The van der Waals surface area contributed by atoms with E-state index in [4.69, 9.17) is 5.73 Å².